The molecule has 0 spiro atoms. The lowest BCUT2D eigenvalue weighted by Gasteiger charge is -2.35. The van der Waals surface area contributed by atoms with Crippen LogP contribution in [0, 0.1) is 0 Å². The van der Waals surface area contributed by atoms with Gasteiger partial charge in [-0.15, -0.1) is 0 Å². The van der Waals surface area contributed by atoms with Crippen LogP contribution in [-0.4, -0.2) is 36.8 Å². The van der Waals surface area contributed by atoms with Crippen molar-refractivity contribution < 1.29 is 13.2 Å². The molecule has 3 aromatic carbocycles. The van der Waals surface area contributed by atoms with E-state index in [9.17, 15) is 13.2 Å². The van der Waals surface area contributed by atoms with Crippen molar-refractivity contribution in [3.05, 3.63) is 89.5 Å². The van der Waals surface area contributed by atoms with E-state index in [1.807, 2.05) is 36.4 Å². The zero-order valence-electron chi connectivity index (χ0n) is 24.5. The second kappa shape index (κ2) is 12.5. The van der Waals surface area contributed by atoms with Crippen LogP contribution >= 0.6 is 0 Å². The maximum absolute atomic E-state index is 13.9. The molecule has 6 nitrogen and oxygen atoms in total. The minimum Gasteiger partial charge on any atom is -0.349 e. The quantitative estimate of drug-likeness (QED) is 0.328. The molecule has 0 bridgehead atoms. The monoisotopic (exact) mass is 573 g/mol. The summed E-state index contributed by atoms with van der Waals surface area (Å²) in [6.07, 6.45) is 5.53. The van der Waals surface area contributed by atoms with Gasteiger partial charge in [0.05, 0.1) is 10.9 Å². The van der Waals surface area contributed by atoms with E-state index in [1.54, 1.807) is 22.5 Å². The third-order valence-electron chi connectivity index (χ3n) is 8.22. The summed E-state index contributed by atoms with van der Waals surface area (Å²) in [6, 6.07) is 23.2. The summed E-state index contributed by atoms with van der Waals surface area (Å²) in [6.45, 7) is 7.74. The van der Waals surface area contributed by atoms with E-state index >= 15 is 0 Å². The van der Waals surface area contributed by atoms with E-state index in [2.05, 4.69) is 49.6 Å². The standard InChI is InChI=1S/C34H43N3O3S/c1-34(2,3)35-24-25-18-19-31-28(21-25)14-10-17-32(31)36-33(38)23-29-15-7-8-20-37(29)41(39,40)30-16-9-13-27(22-30)26-11-5-4-6-12-26/h4-6,9,11-13,16,18-19,21-22,29,32,35H,7-8,10,14-15,17,20,23-24H2,1-3H3,(H,36,38). The van der Waals surface area contributed by atoms with E-state index in [-0.39, 0.29) is 34.8 Å². The fraction of sp³-hybridized carbons (Fsp3) is 0.441. The molecule has 218 valence electrons. The van der Waals surface area contributed by atoms with Gasteiger partial charge in [-0.25, -0.2) is 8.42 Å². The Bertz CT molecular complexity index is 1460. The minimum absolute atomic E-state index is 0.0351. The molecule has 0 aromatic heterocycles. The van der Waals surface area contributed by atoms with Gasteiger partial charge in [0.2, 0.25) is 15.9 Å². The second-order valence-electron chi connectivity index (χ2n) is 12.5. The number of sulfonamides is 1. The molecule has 7 heteroatoms. The Hall–Kier alpha value is -3.00. The number of hydrogen-bond acceptors (Lipinski definition) is 4. The number of fused-ring (bicyclic) bond motifs is 1. The topological polar surface area (TPSA) is 78.5 Å². The van der Waals surface area contributed by atoms with Crippen molar-refractivity contribution in [2.45, 2.75) is 94.8 Å². The van der Waals surface area contributed by atoms with E-state index in [0.29, 0.717) is 13.0 Å². The Labute approximate surface area is 245 Å². The third kappa shape index (κ3) is 7.26. The fourth-order valence-electron chi connectivity index (χ4n) is 6.06. The first-order valence-electron chi connectivity index (χ1n) is 14.9. The number of nitrogens with one attached hydrogen (secondary N) is 2. The lowest BCUT2D eigenvalue weighted by Crippen LogP contribution is -2.46. The fourth-order valence-corrected chi connectivity index (χ4v) is 7.80. The Balaban J connectivity index is 1.28. The number of aryl methyl sites for hydroxylation is 1. The Kier molecular flexibility index (Phi) is 8.97. The number of amides is 1. The zero-order chi connectivity index (χ0) is 29.0. The highest BCUT2D eigenvalue weighted by molar-refractivity contribution is 7.89. The molecule has 1 fully saturated rings. The molecule has 1 aliphatic carbocycles. The van der Waals surface area contributed by atoms with Crippen molar-refractivity contribution in [3.8, 4) is 11.1 Å². The highest BCUT2D eigenvalue weighted by Crippen LogP contribution is 2.32. The summed E-state index contributed by atoms with van der Waals surface area (Å²) in [7, 11) is -3.74. The number of piperidine rings is 1. The Morgan fingerprint density at radius 1 is 0.902 bits per heavy atom. The van der Waals surface area contributed by atoms with Crippen LogP contribution in [0.4, 0.5) is 0 Å². The molecule has 0 saturated carbocycles. The molecule has 5 rings (SSSR count). The summed E-state index contributed by atoms with van der Waals surface area (Å²) in [5, 5.41) is 6.81. The maximum atomic E-state index is 13.9. The van der Waals surface area contributed by atoms with Crippen LogP contribution in [0.25, 0.3) is 11.1 Å². The van der Waals surface area contributed by atoms with Crippen LogP contribution in [0.5, 0.6) is 0 Å². The molecular weight excluding hydrogens is 530 g/mol. The number of benzene rings is 3. The third-order valence-corrected chi connectivity index (χ3v) is 10.2. The average Bonchev–Trinajstić information content (AvgIpc) is 2.96. The number of hydrogen-bond donors (Lipinski definition) is 2. The van der Waals surface area contributed by atoms with Gasteiger partial charge in [0.1, 0.15) is 0 Å². The van der Waals surface area contributed by atoms with Crippen molar-refractivity contribution >= 4 is 15.9 Å². The molecule has 2 atom stereocenters. The van der Waals surface area contributed by atoms with Crippen LogP contribution in [-0.2, 0) is 27.8 Å². The van der Waals surface area contributed by atoms with Gasteiger partial charge in [-0.1, -0.05) is 67.1 Å². The van der Waals surface area contributed by atoms with Gasteiger partial charge in [-0.3, -0.25) is 4.79 Å². The summed E-state index contributed by atoms with van der Waals surface area (Å²) in [4.78, 5) is 13.7. The molecule has 2 aliphatic rings. The molecule has 3 aromatic rings. The highest BCUT2D eigenvalue weighted by Gasteiger charge is 2.35. The van der Waals surface area contributed by atoms with Gasteiger partial charge in [0.25, 0.3) is 0 Å². The molecule has 1 heterocycles. The highest BCUT2D eigenvalue weighted by atomic mass is 32.2. The summed E-state index contributed by atoms with van der Waals surface area (Å²) in [5.74, 6) is -0.0773. The van der Waals surface area contributed by atoms with Gasteiger partial charge < -0.3 is 10.6 Å². The van der Waals surface area contributed by atoms with Gasteiger partial charge in [-0.2, -0.15) is 4.31 Å². The van der Waals surface area contributed by atoms with Crippen LogP contribution in [0.2, 0.25) is 0 Å². The number of rotatable bonds is 8. The molecule has 1 aliphatic heterocycles. The summed E-state index contributed by atoms with van der Waals surface area (Å²) < 4.78 is 29.3. The minimum atomic E-state index is -3.74. The lowest BCUT2D eigenvalue weighted by atomic mass is 9.86. The van der Waals surface area contributed by atoms with Crippen LogP contribution in [0.15, 0.2) is 77.7 Å². The molecule has 1 amide bonds. The van der Waals surface area contributed by atoms with Crippen molar-refractivity contribution in [1.82, 2.24) is 14.9 Å². The maximum Gasteiger partial charge on any atom is 0.243 e. The first-order chi connectivity index (χ1) is 19.6. The Morgan fingerprint density at radius 3 is 2.46 bits per heavy atom. The zero-order valence-corrected chi connectivity index (χ0v) is 25.3. The predicted molar refractivity (Wildman–Crippen MR) is 165 cm³/mol. The summed E-state index contributed by atoms with van der Waals surface area (Å²) >= 11 is 0. The number of carbonyl (C=O) groups is 1. The number of nitrogens with zero attached hydrogens (tertiary/aromatic N) is 1. The summed E-state index contributed by atoms with van der Waals surface area (Å²) in [5.41, 5.74) is 5.64. The molecule has 2 N–H and O–H groups in total. The predicted octanol–water partition coefficient (Wildman–Crippen LogP) is 6.37. The molecule has 2 unspecified atom stereocenters. The second-order valence-corrected chi connectivity index (χ2v) is 14.4. The molecular formula is C34H43N3O3S. The molecule has 41 heavy (non-hydrogen) atoms. The van der Waals surface area contributed by atoms with E-state index in [4.69, 9.17) is 0 Å². The lowest BCUT2D eigenvalue weighted by molar-refractivity contribution is -0.123. The van der Waals surface area contributed by atoms with E-state index in [0.717, 1.165) is 49.8 Å². The van der Waals surface area contributed by atoms with Gasteiger partial charge in [-0.05, 0) is 92.8 Å². The van der Waals surface area contributed by atoms with Crippen LogP contribution in [0.3, 0.4) is 0 Å². The first-order valence-corrected chi connectivity index (χ1v) is 16.4. The Morgan fingerprint density at radius 2 is 1.68 bits per heavy atom. The SMILES string of the molecule is CC(C)(C)NCc1ccc2c(c1)CCCC2NC(=O)CC1CCCCN1S(=O)(=O)c1cccc(-c2ccccc2)c1. The van der Waals surface area contributed by atoms with Crippen molar-refractivity contribution in [2.75, 3.05) is 6.54 Å². The molecule has 0 radical (unpaired) electrons. The van der Waals surface area contributed by atoms with Gasteiger partial charge >= 0.3 is 0 Å². The van der Waals surface area contributed by atoms with Crippen molar-refractivity contribution in [2.24, 2.45) is 0 Å². The normalized spacial score (nSPS) is 19.9. The largest absolute Gasteiger partial charge is 0.349 e. The average molecular weight is 574 g/mol. The van der Waals surface area contributed by atoms with Crippen LogP contribution < -0.4 is 10.6 Å². The van der Waals surface area contributed by atoms with Crippen molar-refractivity contribution in [3.63, 3.8) is 0 Å². The van der Waals surface area contributed by atoms with E-state index < -0.39 is 10.0 Å². The van der Waals surface area contributed by atoms with Gasteiger partial charge in [0.15, 0.2) is 0 Å². The smallest absolute Gasteiger partial charge is 0.243 e. The van der Waals surface area contributed by atoms with Crippen LogP contribution in [0.1, 0.15) is 82.0 Å². The number of carbonyl (C=O) groups excluding carboxylic acids is 1. The van der Waals surface area contributed by atoms with Crippen molar-refractivity contribution in [1.29, 1.82) is 0 Å². The first kappa shape index (κ1) is 29.5. The van der Waals surface area contributed by atoms with Gasteiger partial charge in [0, 0.05) is 31.1 Å². The van der Waals surface area contributed by atoms with E-state index in [1.165, 1.54) is 16.7 Å². The molecule has 1 saturated heterocycles.